The molecule has 3 unspecified atom stereocenters. The van der Waals surface area contributed by atoms with E-state index in [-0.39, 0.29) is 24.3 Å². The Hall–Kier alpha value is -1.77. The van der Waals surface area contributed by atoms with Crippen molar-refractivity contribution in [1.29, 1.82) is 0 Å². The van der Waals surface area contributed by atoms with E-state index in [1.165, 1.54) is 22.7 Å². The van der Waals surface area contributed by atoms with E-state index in [2.05, 4.69) is 4.98 Å². The van der Waals surface area contributed by atoms with Crippen LogP contribution in [0.15, 0.2) is 30.7 Å². The number of aliphatic hydroxyl groups is 1. The summed E-state index contributed by atoms with van der Waals surface area (Å²) in [5, 5.41) is 10.5. The molecule has 3 heterocycles. The monoisotopic (exact) mass is 351 g/mol. The van der Waals surface area contributed by atoms with E-state index in [0.29, 0.717) is 13.0 Å². The van der Waals surface area contributed by atoms with Crippen molar-refractivity contribution in [3.05, 3.63) is 42.1 Å². The number of imidazole rings is 1. The number of benzene rings is 1. The molecule has 0 saturated carbocycles. The van der Waals surface area contributed by atoms with Gasteiger partial charge < -0.3 is 9.67 Å². The fourth-order valence-corrected chi connectivity index (χ4v) is 4.76. The quantitative estimate of drug-likeness (QED) is 0.883. The summed E-state index contributed by atoms with van der Waals surface area (Å²) in [4.78, 5) is 4.14. The van der Waals surface area contributed by atoms with Gasteiger partial charge in [-0.15, -0.1) is 0 Å². The minimum Gasteiger partial charge on any atom is -0.393 e. The van der Waals surface area contributed by atoms with Gasteiger partial charge in [-0.05, 0) is 24.1 Å². The van der Waals surface area contributed by atoms with Crippen molar-refractivity contribution in [2.45, 2.75) is 18.6 Å². The zero-order valence-electron chi connectivity index (χ0n) is 13.1. The highest BCUT2D eigenvalue weighted by Crippen LogP contribution is 2.45. The predicted octanol–water partition coefficient (Wildman–Crippen LogP) is 1.23. The van der Waals surface area contributed by atoms with E-state index in [1.54, 1.807) is 18.6 Å². The fourth-order valence-electron chi connectivity index (χ4n) is 3.88. The smallest absolute Gasteiger partial charge is 0.211 e. The molecule has 4 rings (SSSR count). The van der Waals surface area contributed by atoms with Crippen LogP contribution < -0.4 is 0 Å². The van der Waals surface area contributed by atoms with Crippen LogP contribution in [0, 0.1) is 11.7 Å². The molecule has 8 heteroatoms. The number of rotatable bonds is 2. The second-order valence-corrected chi connectivity index (χ2v) is 8.49. The molecular weight excluding hydrogens is 333 g/mol. The van der Waals surface area contributed by atoms with E-state index < -0.39 is 16.1 Å². The standard InChI is InChI=1S/C16H18FN3O3S/c1-24(22,23)19-5-4-15(21)13(8-19)16-11-3-2-10(17)6-12(11)14-7-18-9-20(14)16/h2-3,6-7,9,13,15-16,21H,4-5,8H2,1H3. The second-order valence-electron chi connectivity index (χ2n) is 6.50. The predicted molar refractivity (Wildman–Crippen MR) is 86.3 cm³/mol. The van der Waals surface area contributed by atoms with Crippen LogP contribution in [0.1, 0.15) is 18.0 Å². The minimum absolute atomic E-state index is 0.235. The van der Waals surface area contributed by atoms with E-state index in [0.717, 1.165) is 16.8 Å². The van der Waals surface area contributed by atoms with Crippen molar-refractivity contribution in [1.82, 2.24) is 13.9 Å². The van der Waals surface area contributed by atoms with Gasteiger partial charge in [-0.2, -0.15) is 0 Å². The van der Waals surface area contributed by atoms with Gasteiger partial charge in [-0.3, -0.25) is 0 Å². The molecule has 1 saturated heterocycles. The molecule has 24 heavy (non-hydrogen) atoms. The molecule has 2 aliphatic heterocycles. The lowest BCUT2D eigenvalue weighted by Crippen LogP contribution is -2.48. The molecule has 6 nitrogen and oxygen atoms in total. The van der Waals surface area contributed by atoms with Gasteiger partial charge in [0.15, 0.2) is 0 Å². The highest BCUT2D eigenvalue weighted by Gasteiger charge is 2.42. The molecule has 0 spiro atoms. The minimum atomic E-state index is -3.32. The first-order valence-electron chi connectivity index (χ1n) is 7.81. The van der Waals surface area contributed by atoms with Crippen LogP contribution in [-0.2, 0) is 10.0 Å². The Balaban J connectivity index is 1.79. The largest absolute Gasteiger partial charge is 0.393 e. The number of fused-ring (bicyclic) bond motifs is 3. The first kappa shape index (κ1) is 15.7. The molecule has 0 amide bonds. The molecule has 1 fully saturated rings. The van der Waals surface area contributed by atoms with E-state index >= 15 is 0 Å². The Kier molecular flexibility index (Phi) is 3.52. The Bertz CT molecular complexity index is 896. The van der Waals surface area contributed by atoms with Crippen LogP contribution in [-0.4, -0.2) is 52.8 Å². The number of hydrogen-bond acceptors (Lipinski definition) is 4. The Labute approximate surface area is 139 Å². The number of halogens is 1. The maximum atomic E-state index is 13.7. The van der Waals surface area contributed by atoms with Crippen LogP contribution in [0.2, 0.25) is 0 Å². The molecule has 2 aliphatic rings. The normalized spacial score (nSPS) is 27.0. The van der Waals surface area contributed by atoms with E-state index in [4.69, 9.17) is 0 Å². The van der Waals surface area contributed by atoms with Crippen molar-refractivity contribution < 1.29 is 17.9 Å². The van der Waals surface area contributed by atoms with Crippen LogP contribution in [0.5, 0.6) is 0 Å². The molecule has 2 aromatic rings. The van der Waals surface area contributed by atoms with Gasteiger partial charge in [0.05, 0.1) is 36.6 Å². The molecule has 3 atom stereocenters. The zero-order valence-corrected chi connectivity index (χ0v) is 13.9. The summed E-state index contributed by atoms with van der Waals surface area (Å²) in [6.45, 7) is 0.551. The highest BCUT2D eigenvalue weighted by atomic mass is 32.2. The van der Waals surface area contributed by atoms with E-state index in [1.807, 2.05) is 4.57 Å². The summed E-state index contributed by atoms with van der Waals surface area (Å²) in [6.07, 6.45) is 4.27. The zero-order chi connectivity index (χ0) is 17.1. The van der Waals surface area contributed by atoms with Crippen LogP contribution in [0.4, 0.5) is 4.39 Å². The van der Waals surface area contributed by atoms with Crippen molar-refractivity contribution in [2.75, 3.05) is 19.3 Å². The second kappa shape index (κ2) is 5.37. The number of aliphatic hydroxyl groups excluding tert-OH is 1. The maximum Gasteiger partial charge on any atom is 0.211 e. The Morgan fingerprint density at radius 3 is 2.92 bits per heavy atom. The van der Waals surface area contributed by atoms with Crippen molar-refractivity contribution in [3.63, 3.8) is 0 Å². The average Bonchev–Trinajstić information content (AvgIpc) is 3.08. The summed E-state index contributed by atoms with van der Waals surface area (Å²) in [5.41, 5.74) is 2.44. The van der Waals surface area contributed by atoms with Crippen molar-refractivity contribution in [3.8, 4) is 11.3 Å². The van der Waals surface area contributed by atoms with E-state index in [9.17, 15) is 17.9 Å². The molecule has 1 aromatic heterocycles. The average molecular weight is 351 g/mol. The van der Waals surface area contributed by atoms with Crippen LogP contribution in [0.25, 0.3) is 11.3 Å². The topological polar surface area (TPSA) is 75.4 Å². The Morgan fingerprint density at radius 2 is 2.17 bits per heavy atom. The number of sulfonamides is 1. The lowest BCUT2D eigenvalue weighted by atomic mass is 9.85. The molecule has 1 aromatic carbocycles. The molecule has 0 aliphatic carbocycles. The lowest BCUT2D eigenvalue weighted by Gasteiger charge is -2.38. The first-order chi connectivity index (χ1) is 11.4. The first-order valence-corrected chi connectivity index (χ1v) is 9.66. The summed E-state index contributed by atoms with van der Waals surface area (Å²) < 4.78 is 40.8. The molecule has 0 radical (unpaired) electrons. The highest BCUT2D eigenvalue weighted by molar-refractivity contribution is 7.88. The summed E-state index contributed by atoms with van der Waals surface area (Å²) >= 11 is 0. The summed E-state index contributed by atoms with van der Waals surface area (Å²) in [7, 11) is -3.32. The number of piperidine rings is 1. The van der Waals surface area contributed by atoms with Gasteiger partial charge in [-0.1, -0.05) is 6.07 Å². The van der Waals surface area contributed by atoms with Gasteiger partial charge >= 0.3 is 0 Å². The van der Waals surface area contributed by atoms with Gasteiger partial charge in [0.1, 0.15) is 5.82 Å². The molecular formula is C16H18FN3O3S. The Morgan fingerprint density at radius 1 is 1.38 bits per heavy atom. The summed E-state index contributed by atoms with van der Waals surface area (Å²) in [5.74, 6) is -0.641. The lowest BCUT2D eigenvalue weighted by molar-refractivity contribution is 0.0358. The van der Waals surface area contributed by atoms with Crippen molar-refractivity contribution in [2.24, 2.45) is 5.92 Å². The maximum absolute atomic E-state index is 13.7. The van der Waals surface area contributed by atoms with Gasteiger partial charge in [-0.25, -0.2) is 22.1 Å². The molecule has 1 N–H and O–H groups in total. The van der Waals surface area contributed by atoms with Gasteiger partial charge in [0, 0.05) is 24.6 Å². The van der Waals surface area contributed by atoms with Gasteiger partial charge in [0.25, 0.3) is 0 Å². The van der Waals surface area contributed by atoms with Crippen molar-refractivity contribution >= 4 is 10.0 Å². The third kappa shape index (κ3) is 2.37. The molecule has 128 valence electrons. The number of nitrogens with zero attached hydrogens (tertiary/aromatic N) is 3. The summed E-state index contributed by atoms with van der Waals surface area (Å²) in [6, 6.07) is 4.33. The SMILES string of the molecule is CS(=O)(=O)N1CCC(O)C(C2c3ccc(F)cc3-c3cncn32)C1. The molecule has 0 bridgehead atoms. The van der Waals surface area contributed by atoms with Crippen LogP contribution in [0.3, 0.4) is 0 Å². The fraction of sp³-hybridized carbons (Fsp3) is 0.438. The number of hydrogen-bond donors (Lipinski definition) is 1. The van der Waals surface area contributed by atoms with Gasteiger partial charge in [0.2, 0.25) is 10.0 Å². The third-order valence-corrected chi connectivity index (χ3v) is 6.30. The third-order valence-electron chi connectivity index (χ3n) is 5.03. The number of aromatic nitrogens is 2. The van der Waals surface area contributed by atoms with Crippen LogP contribution >= 0.6 is 0 Å².